The first-order chi connectivity index (χ1) is 35.9. The predicted molar refractivity (Wildman–Crippen MR) is 307 cm³/mol. The molecule has 4 heteroatoms. The van der Waals surface area contributed by atoms with Gasteiger partial charge in [-0.05, 0) is 132 Å². The molecule has 0 bridgehead atoms. The number of hydrogen-bond acceptors (Lipinski definition) is 1. The summed E-state index contributed by atoms with van der Waals surface area (Å²) < 4.78 is 12.1. The van der Waals surface area contributed by atoms with Crippen LogP contribution in [0.1, 0.15) is 25.0 Å². The van der Waals surface area contributed by atoms with Crippen LogP contribution in [-0.2, 0) is 5.41 Å². The van der Waals surface area contributed by atoms with Crippen molar-refractivity contribution in [2.45, 2.75) is 19.3 Å². The van der Waals surface area contributed by atoms with Crippen molar-refractivity contribution in [1.82, 2.24) is 9.13 Å². The molecule has 0 saturated carbocycles. The summed E-state index contributed by atoms with van der Waals surface area (Å²) >= 11 is 0. The molecular weight excluding hydrogens is 901 g/mol. The smallest absolute Gasteiger partial charge is 0.188 e. The van der Waals surface area contributed by atoms with Gasteiger partial charge in [0.25, 0.3) is 0 Å². The van der Waals surface area contributed by atoms with E-state index in [1.165, 1.54) is 103 Å². The maximum Gasteiger partial charge on any atom is 0.188 e. The van der Waals surface area contributed by atoms with Crippen LogP contribution in [0.4, 0.5) is 0 Å². The fourth-order valence-corrected chi connectivity index (χ4v) is 17.9. The normalized spacial score (nSPS) is 15.3. The van der Waals surface area contributed by atoms with E-state index in [0.29, 0.717) is 0 Å². The van der Waals surface area contributed by atoms with Gasteiger partial charge in [0.1, 0.15) is 11.5 Å². The number of nitrogens with zero attached hydrogens (tertiary/aromatic N) is 2. The molecule has 0 spiro atoms. The number of rotatable bonds is 6. The Labute approximate surface area is 425 Å². The summed E-state index contributed by atoms with van der Waals surface area (Å²) in [6.07, 6.45) is 0. The van der Waals surface area contributed by atoms with Crippen LogP contribution >= 0.6 is 0 Å². The Morgan fingerprint density at radius 2 is 0.904 bits per heavy atom. The molecule has 2 aromatic heterocycles. The maximum absolute atomic E-state index is 7.24. The first-order valence-electron chi connectivity index (χ1n) is 25.4. The molecule has 1 atom stereocenters. The Bertz CT molecular complexity index is 4340. The van der Waals surface area contributed by atoms with Crippen LogP contribution in [0.15, 0.2) is 255 Å². The summed E-state index contributed by atoms with van der Waals surface area (Å²) in [6.45, 7) is 4.70. The molecule has 1 aliphatic heterocycles. The molecule has 1 aliphatic carbocycles. The molecule has 0 saturated heterocycles. The van der Waals surface area contributed by atoms with Crippen molar-refractivity contribution in [3.05, 3.63) is 266 Å². The maximum atomic E-state index is 7.24. The second-order valence-corrected chi connectivity index (χ2v) is 24.1. The summed E-state index contributed by atoms with van der Waals surface area (Å²) in [5.41, 5.74) is 17.1. The van der Waals surface area contributed by atoms with E-state index in [1.807, 2.05) is 0 Å². The van der Waals surface area contributed by atoms with Gasteiger partial charge in [-0.1, -0.05) is 202 Å². The molecule has 1 unspecified atom stereocenters. The highest BCUT2D eigenvalue weighted by Gasteiger charge is 2.48. The Balaban J connectivity index is 1.01. The molecule has 344 valence electrons. The first-order valence-corrected chi connectivity index (χ1v) is 27.4. The van der Waals surface area contributed by atoms with Crippen molar-refractivity contribution in [2.24, 2.45) is 0 Å². The molecule has 15 rings (SSSR count). The lowest BCUT2D eigenvalue weighted by Gasteiger charge is -2.40. The van der Waals surface area contributed by atoms with E-state index in [-0.39, 0.29) is 5.41 Å². The lowest BCUT2D eigenvalue weighted by atomic mass is 9.82. The van der Waals surface area contributed by atoms with Gasteiger partial charge < -0.3 is 13.9 Å². The summed E-state index contributed by atoms with van der Waals surface area (Å²) in [5.74, 6) is 1.82. The number of fused-ring (bicyclic) bond motifs is 11. The Kier molecular flexibility index (Phi) is 9.03. The minimum Gasteiger partial charge on any atom is -0.458 e. The van der Waals surface area contributed by atoms with Crippen molar-refractivity contribution < 1.29 is 4.74 Å². The van der Waals surface area contributed by atoms with E-state index in [2.05, 4.69) is 278 Å². The second-order valence-electron chi connectivity index (χ2n) is 20.4. The summed E-state index contributed by atoms with van der Waals surface area (Å²) in [6, 6.07) is 94.9. The average Bonchev–Trinajstić information content (AvgIpc) is 4.08. The number of para-hydroxylation sites is 4. The molecule has 0 N–H and O–H groups in total. The van der Waals surface area contributed by atoms with E-state index >= 15 is 0 Å². The Hall–Kier alpha value is -8.96. The first kappa shape index (κ1) is 41.8. The number of ether oxygens (including phenoxy) is 1. The zero-order chi connectivity index (χ0) is 48.4. The molecule has 0 radical (unpaired) electrons. The zero-order valence-corrected chi connectivity index (χ0v) is 41.6. The average molecular weight is 949 g/mol. The van der Waals surface area contributed by atoms with Gasteiger partial charge in [-0.15, -0.1) is 0 Å². The van der Waals surface area contributed by atoms with Gasteiger partial charge in [0.15, 0.2) is 8.07 Å². The summed E-state index contributed by atoms with van der Waals surface area (Å²) in [7, 11) is -3.25. The van der Waals surface area contributed by atoms with E-state index in [4.69, 9.17) is 4.74 Å². The molecule has 0 amide bonds. The van der Waals surface area contributed by atoms with Crippen LogP contribution in [0.25, 0.3) is 88.4 Å². The van der Waals surface area contributed by atoms with Crippen molar-refractivity contribution in [1.29, 1.82) is 0 Å². The van der Waals surface area contributed by atoms with E-state index in [0.717, 1.165) is 28.4 Å². The zero-order valence-electron chi connectivity index (χ0n) is 40.6. The molecule has 3 heterocycles. The van der Waals surface area contributed by atoms with Crippen molar-refractivity contribution >= 4 is 72.4 Å². The fourth-order valence-electron chi connectivity index (χ4n) is 12.9. The van der Waals surface area contributed by atoms with E-state index in [1.54, 1.807) is 0 Å². The minimum atomic E-state index is -3.25. The third-order valence-electron chi connectivity index (χ3n) is 16.3. The van der Waals surface area contributed by atoms with Crippen LogP contribution in [-0.4, -0.2) is 17.2 Å². The molecule has 2 aliphatic rings. The van der Waals surface area contributed by atoms with Gasteiger partial charge in [-0.3, -0.25) is 0 Å². The molecule has 13 aromatic rings. The quantitative estimate of drug-likeness (QED) is 0.152. The summed E-state index contributed by atoms with van der Waals surface area (Å²) in [4.78, 5) is 0. The Morgan fingerprint density at radius 1 is 0.329 bits per heavy atom. The van der Waals surface area contributed by atoms with Gasteiger partial charge in [0.2, 0.25) is 0 Å². The molecule has 11 aromatic carbocycles. The SMILES string of the molecule is CC1(C)c2ccccc2-c2cc(-c3ccc4c(c3)Oc3ccccc3[Si]4(c3cccc(-n4c5ccccc5c5ccccc54)c3)c3ccc4c(c3)c3ccc(-c5ccccc5)cc3n4-c3ccccc3)ccc21. The van der Waals surface area contributed by atoms with Gasteiger partial charge >= 0.3 is 0 Å². The number of benzene rings is 11. The minimum absolute atomic E-state index is 0.0647. The van der Waals surface area contributed by atoms with Gasteiger partial charge in [-0.25, -0.2) is 0 Å². The highest BCUT2D eigenvalue weighted by atomic mass is 28.3. The molecule has 0 fully saturated rings. The van der Waals surface area contributed by atoms with Crippen LogP contribution in [0.3, 0.4) is 0 Å². The highest BCUT2D eigenvalue weighted by molar-refractivity contribution is 7.21. The van der Waals surface area contributed by atoms with Crippen LogP contribution in [0.2, 0.25) is 0 Å². The molecule has 73 heavy (non-hydrogen) atoms. The molecular formula is C69H48N2OSi. The second kappa shape index (κ2) is 15.8. The fraction of sp³-hybridized carbons (Fsp3) is 0.0435. The Morgan fingerprint density at radius 3 is 1.73 bits per heavy atom. The van der Waals surface area contributed by atoms with Crippen molar-refractivity contribution in [2.75, 3.05) is 0 Å². The number of hydrogen-bond donors (Lipinski definition) is 0. The molecule has 3 nitrogen and oxygen atoms in total. The lowest BCUT2D eigenvalue weighted by Crippen LogP contribution is -2.76. The standard InChI is InChI=1S/C69H48N2OSi/c1-69(2)59-27-12-9-24-53(59)57-40-46(33-37-60(57)69)48-34-39-68-66(42-48)72-65-30-15-16-31-67(65)73(68,51-23-17-22-50(43-51)71-61-28-13-10-25-54(61)55-26-11-14-29-62(55)71)52-35-38-63-58(44-52)56-36-32-47(45-18-5-3-6-19-45)41-64(56)70(63)49-20-7-4-8-21-49/h3-44H,1-2H3. The summed E-state index contributed by atoms with van der Waals surface area (Å²) in [5, 5.41) is 10.0. The van der Waals surface area contributed by atoms with Crippen LogP contribution < -0.4 is 25.5 Å². The lowest BCUT2D eigenvalue weighted by molar-refractivity contribution is 0.487. The largest absolute Gasteiger partial charge is 0.458 e. The van der Waals surface area contributed by atoms with Crippen molar-refractivity contribution in [3.63, 3.8) is 0 Å². The van der Waals surface area contributed by atoms with Crippen LogP contribution in [0.5, 0.6) is 11.5 Å². The van der Waals surface area contributed by atoms with Gasteiger partial charge in [0.05, 0.1) is 22.1 Å². The number of aromatic nitrogens is 2. The van der Waals surface area contributed by atoms with Gasteiger partial charge in [-0.2, -0.15) is 0 Å². The van der Waals surface area contributed by atoms with Crippen LogP contribution in [0, 0.1) is 0 Å². The topological polar surface area (TPSA) is 19.1 Å². The van der Waals surface area contributed by atoms with E-state index < -0.39 is 8.07 Å². The third-order valence-corrected chi connectivity index (χ3v) is 21.0. The van der Waals surface area contributed by atoms with E-state index in [9.17, 15) is 0 Å². The third kappa shape index (κ3) is 6.05. The predicted octanol–water partition coefficient (Wildman–Crippen LogP) is 15.0. The monoisotopic (exact) mass is 948 g/mol. The van der Waals surface area contributed by atoms with Crippen molar-refractivity contribution in [3.8, 4) is 56.3 Å². The highest BCUT2D eigenvalue weighted by Crippen LogP contribution is 2.50. The van der Waals surface area contributed by atoms with Gasteiger partial charge in [0, 0.05) is 38.3 Å².